The Morgan fingerprint density at radius 1 is 1.35 bits per heavy atom. The molecular formula is C13H20FNO2. The first kappa shape index (κ1) is 13.9. The van der Waals surface area contributed by atoms with Crippen molar-refractivity contribution in [3.05, 3.63) is 29.6 Å². The van der Waals surface area contributed by atoms with Crippen molar-refractivity contribution in [2.24, 2.45) is 0 Å². The minimum atomic E-state index is -0.329. The lowest BCUT2D eigenvalue weighted by Gasteiger charge is -2.12. The fourth-order valence-electron chi connectivity index (χ4n) is 1.50. The molecule has 0 aromatic heterocycles. The van der Waals surface area contributed by atoms with Gasteiger partial charge in [-0.05, 0) is 25.5 Å². The third-order valence-corrected chi connectivity index (χ3v) is 2.41. The average Bonchev–Trinajstić information content (AvgIpc) is 2.34. The lowest BCUT2D eigenvalue weighted by atomic mass is 10.2. The number of halogens is 1. The van der Waals surface area contributed by atoms with E-state index in [0.29, 0.717) is 25.3 Å². The maximum Gasteiger partial charge on any atom is 0.165 e. The summed E-state index contributed by atoms with van der Waals surface area (Å²) in [7, 11) is 0. The summed E-state index contributed by atoms with van der Waals surface area (Å²) >= 11 is 0. The number of hydrogen-bond acceptors (Lipinski definition) is 3. The van der Waals surface area contributed by atoms with Gasteiger partial charge in [-0.25, -0.2) is 4.39 Å². The second-order valence-electron chi connectivity index (χ2n) is 3.79. The molecule has 2 N–H and O–H groups in total. The minimum Gasteiger partial charge on any atom is -0.490 e. The van der Waals surface area contributed by atoms with Gasteiger partial charge >= 0.3 is 0 Å². The number of rotatable bonds is 8. The smallest absolute Gasteiger partial charge is 0.165 e. The van der Waals surface area contributed by atoms with E-state index in [0.717, 1.165) is 18.5 Å². The van der Waals surface area contributed by atoms with Crippen molar-refractivity contribution in [2.45, 2.75) is 26.3 Å². The van der Waals surface area contributed by atoms with E-state index in [1.54, 1.807) is 6.07 Å². The molecule has 1 aromatic rings. The topological polar surface area (TPSA) is 41.5 Å². The second kappa shape index (κ2) is 8.03. The number of ether oxygens (including phenoxy) is 1. The van der Waals surface area contributed by atoms with Crippen LogP contribution in [0.2, 0.25) is 0 Å². The molecule has 0 aliphatic heterocycles. The van der Waals surface area contributed by atoms with Crippen LogP contribution in [0, 0.1) is 5.82 Å². The third-order valence-electron chi connectivity index (χ3n) is 2.41. The molecule has 0 bridgehead atoms. The van der Waals surface area contributed by atoms with Gasteiger partial charge in [-0.1, -0.05) is 19.1 Å². The van der Waals surface area contributed by atoms with Crippen molar-refractivity contribution >= 4 is 0 Å². The van der Waals surface area contributed by atoms with Crippen molar-refractivity contribution in [1.82, 2.24) is 5.32 Å². The third kappa shape index (κ3) is 4.71. The number of nitrogens with one attached hydrogen (secondary N) is 1. The molecule has 0 saturated carbocycles. The van der Waals surface area contributed by atoms with Crippen molar-refractivity contribution in [3.63, 3.8) is 0 Å². The molecule has 1 aromatic carbocycles. The van der Waals surface area contributed by atoms with Crippen LogP contribution in [0.3, 0.4) is 0 Å². The summed E-state index contributed by atoms with van der Waals surface area (Å²) in [5.41, 5.74) is 0.829. The molecule has 0 unspecified atom stereocenters. The number of hydrogen-bond donors (Lipinski definition) is 2. The van der Waals surface area contributed by atoms with E-state index in [9.17, 15) is 4.39 Å². The predicted molar refractivity (Wildman–Crippen MR) is 65.6 cm³/mol. The SMILES string of the molecule is CCNCc1cccc(F)c1OCCCCO. The van der Waals surface area contributed by atoms with Gasteiger partial charge in [0.15, 0.2) is 11.6 Å². The van der Waals surface area contributed by atoms with E-state index in [4.69, 9.17) is 9.84 Å². The summed E-state index contributed by atoms with van der Waals surface area (Å²) in [6.45, 7) is 4.01. The zero-order valence-electron chi connectivity index (χ0n) is 10.2. The van der Waals surface area contributed by atoms with Crippen molar-refractivity contribution < 1.29 is 14.2 Å². The highest BCUT2D eigenvalue weighted by molar-refractivity contribution is 5.34. The van der Waals surface area contributed by atoms with Gasteiger partial charge < -0.3 is 15.2 Å². The predicted octanol–water partition coefficient (Wildman–Crippen LogP) is 2.09. The molecule has 0 radical (unpaired) electrons. The Morgan fingerprint density at radius 2 is 2.18 bits per heavy atom. The van der Waals surface area contributed by atoms with Crippen LogP contribution < -0.4 is 10.1 Å². The molecule has 3 nitrogen and oxygen atoms in total. The standard InChI is InChI=1S/C13H20FNO2/c1-2-15-10-11-6-5-7-12(14)13(11)17-9-4-3-8-16/h5-7,15-16H,2-4,8-10H2,1H3. The Kier molecular flexibility index (Phi) is 6.58. The molecule has 0 fully saturated rings. The van der Waals surface area contributed by atoms with Crippen molar-refractivity contribution in [1.29, 1.82) is 0 Å². The Bertz CT molecular complexity index is 331. The molecule has 0 atom stereocenters. The number of benzene rings is 1. The van der Waals surface area contributed by atoms with Gasteiger partial charge in [-0.3, -0.25) is 0 Å². The van der Waals surface area contributed by atoms with Crippen LogP contribution in [0.25, 0.3) is 0 Å². The van der Waals surface area contributed by atoms with E-state index in [1.165, 1.54) is 6.07 Å². The van der Waals surface area contributed by atoms with Crippen LogP contribution >= 0.6 is 0 Å². The van der Waals surface area contributed by atoms with Crippen molar-refractivity contribution in [3.8, 4) is 5.75 Å². The molecule has 0 amide bonds. The maximum absolute atomic E-state index is 13.6. The first-order valence-corrected chi connectivity index (χ1v) is 6.01. The van der Waals surface area contributed by atoms with Crippen LogP contribution in [0.1, 0.15) is 25.3 Å². The highest BCUT2D eigenvalue weighted by atomic mass is 19.1. The van der Waals surface area contributed by atoms with Crippen LogP contribution in [0.5, 0.6) is 5.75 Å². The second-order valence-corrected chi connectivity index (χ2v) is 3.79. The normalized spacial score (nSPS) is 10.5. The lowest BCUT2D eigenvalue weighted by molar-refractivity contribution is 0.247. The molecule has 0 aliphatic carbocycles. The fourth-order valence-corrected chi connectivity index (χ4v) is 1.50. The van der Waals surface area contributed by atoms with Gasteiger partial charge in [0.2, 0.25) is 0 Å². The van der Waals surface area contributed by atoms with E-state index in [2.05, 4.69) is 5.32 Å². The zero-order valence-corrected chi connectivity index (χ0v) is 10.2. The Labute approximate surface area is 102 Å². The summed E-state index contributed by atoms with van der Waals surface area (Å²) in [5.74, 6) is -0.00390. The quantitative estimate of drug-likeness (QED) is 0.685. The molecule has 1 rings (SSSR count). The summed E-state index contributed by atoms with van der Waals surface area (Å²) < 4.78 is 19.0. The number of aliphatic hydroxyl groups is 1. The fraction of sp³-hybridized carbons (Fsp3) is 0.538. The Balaban J connectivity index is 2.60. The summed E-state index contributed by atoms with van der Waals surface area (Å²) in [4.78, 5) is 0. The monoisotopic (exact) mass is 241 g/mol. The van der Waals surface area contributed by atoms with Crippen molar-refractivity contribution in [2.75, 3.05) is 19.8 Å². The van der Waals surface area contributed by atoms with E-state index >= 15 is 0 Å². The molecule has 4 heteroatoms. The summed E-state index contributed by atoms with van der Waals surface area (Å²) in [6.07, 6.45) is 1.41. The molecular weight excluding hydrogens is 221 g/mol. The van der Waals surface area contributed by atoms with E-state index < -0.39 is 0 Å². The number of aliphatic hydroxyl groups excluding tert-OH is 1. The van der Waals surface area contributed by atoms with E-state index in [1.807, 2.05) is 13.0 Å². The highest BCUT2D eigenvalue weighted by Gasteiger charge is 2.08. The summed E-state index contributed by atoms with van der Waals surface area (Å²) in [6, 6.07) is 4.94. The first-order chi connectivity index (χ1) is 8.29. The van der Waals surface area contributed by atoms with E-state index in [-0.39, 0.29) is 12.4 Å². The largest absolute Gasteiger partial charge is 0.490 e. The molecule has 0 heterocycles. The van der Waals surface area contributed by atoms with Gasteiger partial charge in [0.1, 0.15) is 0 Å². The Morgan fingerprint density at radius 3 is 2.88 bits per heavy atom. The van der Waals surface area contributed by atoms with Gasteiger partial charge in [0.25, 0.3) is 0 Å². The summed E-state index contributed by atoms with van der Waals surface area (Å²) in [5, 5.41) is 11.8. The average molecular weight is 241 g/mol. The lowest BCUT2D eigenvalue weighted by Crippen LogP contribution is -2.13. The van der Waals surface area contributed by atoms with Gasteiger partial charge in [0, 0.05) is 18.7 Å². The maximum atomic E-state index is 13.6. The van der Waals surface area contributed by atoms with Crippen LogP contribution in [0.15, 0.2) is 18.2 Å². The molecule has 17 heavy (non-hydrogen) atoms. The van der Waals surface area contributed by atoms with Gasteiger partial charge in [0.05, 0.1) is 6.61 Å². The molecule has 96 valence electrons. The first-order valence-electron chi connectivity index (χ1n) is 6.01. The number of para-hydroxylation sites is 1. The van der Waals surface area contributed by atoms with Gasteiger partial charge in [-0.2, -0.15) is 0 Å². The van der Waals surface area contributed by atoms with Crippen LogP contribution in [-0.2, 0) is 6.54 Å². The van der Waals surface area contributed by atoms with Crippen LogP contribution in [-0.4, -0.2) is 24.9 Å². The zero-order chi connectivity index (χ0) is 12.5. The number of unbranched alkanes of at least 4 members (excludes halogenated alkanes) is 1. The van der Waals surface area contributed by atoms with Crippen LogP contribution in [0.4, 0.5) is 4.39 Å². The minimum absolute atomic E-state index is 0.144. The molecule has 0 spiro atoms. The molecule has 0 aliphatic rings. The molecule has 0 saturated heterocycles. The Hall–Kier alpha value is -1.13. The highest BCUT2D eigenvalue weighted by Crippen LogP contribution is 2.22. The van der Waals surface area contributed by atoms with Gasteiger partial charge in [-0.15, -0.1) is 0 Å².